The zero-order valence-corrected chi connectivity index (χ0v) is 10.6. The van der Waals surface area contributed by atoms with Crippen LogP contribution in [0.3, 0.4) is 0 Å². The first kappa shape index (κ1) is 13.1. The van der Waals surface area contributed by atoms with Gasteiger partial charge in [0.1, 0.15) is 5.82 Å². The van der Waals surface area contributed by atoms with Gasteiger partial charge in [-0.25, -0.2) is 4.39 Å². The van der Waals surface area contributed by atoms with Crippen molar-refractivity contribution in [1.29, 1.82) is 0 Å². The van der Waals surface area contributed by atoms with E-state index in [1.54, 1.807) is 37.3 Å². The SMILES string of the molecule is Cc1cc(F)cc(NC(=O)Cc2ccc(N)cc2)c1. The summed E-state index contributed by atoms with van der Waals surface area (Å²) in [5, 5.41) is 2.68. The molecular formula is C15H15FN2O. The van der Waals surface area contributed by atoms with Crippen LogP contribution < -0.4 is 11.1 Å². The molecule has 0 aliphatic heterocycles. The van der Waals surface area contributed by atoms with Gasteiger partial charge >= 0.3 is 0 Å². The second-order valence-corrected chi connectivity index (χ2v) is 4.48. The number of amides is 1. The summed E-state index contributed by atoms with van der Waals surface area (Å²) in [5.41, 5.74) is 8.33. The minimum Gasteiger partial charge on any atom is -0.399 e. The summed E-state index contributed by atoms with van der Waals surface area (Å²) in [5.74, 6) is -0.544. The molecule has 0 aliphatic carbocycles. The Balaban J connectivity index is 2.03. The van der Waals surface area contributed by atoms with Gasteiger partial charge in [-0.15, -0.1) is 0 Å². The summed E-state index contributed by atoms with van der Waals surface area (Å²) in [7, 11) is 0. The molecular weight excluding hydrogens is 243 g/mol. The van der Waals surface area contributed by atoms with Crippen LogP contribution in [-0.4, -0.2) is 5.91 Å². The first-order valence-corrected chi connectivity index (χ1v) is 5.94. The van der Waals surface area contributed by atoms with E-state index in [0.717, 1.165) is 11.1 Å². The third kappa shape index (κ3) is 3.81. The van der Waals surface area contributed by atoms with Crippen LogP contribution in [-0.2, 0) is 11.2 Å². The topological polar surface area (TPSA) is 55.1 Å². The minimum absolute atomic E-state index is 0.185. The smallest absolute Gasteiger partial charge is 0.228 e. The molecule has 3 nitrogen and oxygen atoms in total. The number of rotatable bonds is 3. The molecule has 0 aliphatic rings. The summed E-state index contributed by atoms with van der Waals surface area (Å²) in [6, 6.07) is 11.5. The highest BCUT2D eigenvalue weighted by Crippen LogP contribution is 2.14. The van der Waals surface area contributed by atoms with Crippen LogP contribution in [0.15, 0.2) is 42.5 Å². The Kier molecular flexibility index (Phi) is 3.80. The molecule has 1 amide bonds. The van der Waals surface area contributed by atoms with Crippen molar-refractivity contribution in [1.82, 2.24) is 0 Å². The van der Waals surface area contributed by atoms with E-state index in [4.69, 9.17) is 5.73 Å². The summed E-state index contributed by atoms with van der Waals surface area (Å²) in [4.78, 5) is 11.8. The highest BCUT2D eigenvalue weighted by molar-refractivity contribution is 5.92. The quantitative estimate of drug-likeness (QED) is 0.832. The van der Waals surface area contributed by atoms with Gasteiger partial charge in [0.2, 0.25) is 5.91 Å². The average molecular weight is 258 g/mol. The highest BCUT2D eigenvalue weighted by atomic mass is 19.1. The Labute approximate surface area is 111 Å². The fourth-order valence-electron chi connectivity index (χ4n) is 1.83. The number of carbonyl (C=O) groups excluding carboxylic acids is 1. The molecule has 2 aromatic carbocycles. The molecule has 0 heterocycles. The fourth-order valence-corrected chi connectivity index (χ4v) is 1.83. The summed E-state index contributed by atoms with van der Waals surface area (Å²) in [6.45, 7) is 1.78. The van der Waals surface area contributed by atoms with Crippen LogP contribution in [0.25, 0.3) is 0 Å². The molecule has 0 spiro atoms. The van der Waals surface area contributed by atoms with Gasteiger partial charge in [0.05, 0.1) is 6.42 Å². The maximum absolute atomic E-state index is 13.2. The molecule has 2 aromatic rings. The second-order valence-electron chi connectivity index (χ2n) is 4.48. The van der Waals surface area contributed by atoms with Crippen molar-refractivity contribution < 1.29 is 9.18 Å². The van der Waals surface area contributed by atoms with Crippen LogP contribution in [0.5, 0.6) is 0 Å². The number of nitrogens with one attached hydrogen (secondary N) is 1. The lowest BCUT2D eigenvalue weighted by atomic mass is 10.1. The van der Waals surface area contributed by atoms with E-state index in [-0.39, 0.29) is 18.1 Å². The van der Waals surface area contributed by atoms with Crippen LogP contribution in [0, 0.1) is 12.7 Å². The molecule has 0 atom stereocenters. The average Bonchev–Trinajstić information content (AvgIpc) is 2.30. The largest absolute Gasteiger partial charge is 0.399 e. The zero-order chi connectivity index (χ0) is 13.8. The van der Waals surface area contributed by atoms with Crippen molar-refractivity contribution in [2.24, 2.45) is 0 Å². The van der Waals surface area contributed by atoms with E-state index < -0.39 is 0 Å². The van der Waals surface area contributed by atoms with Crippen molar-refractivity contribution in [2.45, 2.75) is 13.3 Å². The van der Waals surface area contributed by atoms with Gasteiger partial charge < -0.3 is 11.1 Å². The second kappa shape index (κ2) is 5.52. The molecule has 0 radical (unpaired) electrons. The van der Waals surface area contributed by atoms with Crippen LogP contribution >= 0.6 is 0 Å². The molecule has 0 saturated carbocycles. The number of nitrogens with two attached hydrogens (primary N) is 1. The number of hydrogen-bond acceptors (Lipinski definition) is 2. The van der Waals surface area contributed by atoms with Crippen LogP contribution in [0.2, 0.25) is 0 Å². The molecule has 98 valence electrons. The number of nitrogen functional groups attached to an aromatic ring is 1. The predicted octanol–water partition coefficient (Wildman–Crippen LogP) is 2.90. The van der Waals surface area contributed by atoms with Gasteiger partial charge in [-0.3, -0.25) is 4.79 Å². The van der Waals surface area contributed by atoms with E-state index in [0.29, 0.717) is 11.4 Å². The predicted molar refractivity (Wildman–Crippen MR) is 74.3 cm³/mol. The van der Waals surface area contributed by atoms with Crippen molar-refractivity contribution in [3.05, 3.63) is 59.4 Å². The van der Waals surface area contributed by atoms with Gasteiger partial charge in [0.25, 0.3) is 0 Å². The number of halogens is 1. The van der Waals surface area contributed by atoms with E-state index >= 15 is 0 Å². The van der Waals surface area contributed by atoms with Gasteiger partial charge in [-0.05, 0) is 48.4 Å². The zero-order valence-electron chi connectivity index (χ0n) is 10.6. The molecule has 0 unspecified atom stereocenters. The standard InChI is InChI=1S/C15H15FN2O/c1-10-6-12(16)9-14(7-10)18-15(19)8-11-2-4-13(17)5-3-11/h2-7,9H,8,17H2,1H3,(H,18,19). The lowest BCUT2D eigenvalue weighted by Gasteiger charge is -2.07. The molecule has 0 fully saturated rings. The third-order valence-corrected chi connectivity index (χ3v) is 2.67. The van der Waals surface area contributed by atoms with E-state index in [1.807, 2.05) is 0 Å². The monoisotopic (exact) mass is 258 g/mol. The minimum atomic E-state index is -0.359. The van der Waals surface area contributed by atoms with Crippen molar-refractivity contribution in [3.63, 3.8) is 0 Å². The molecule has 2 rings (SSSR count). The molecule has 19 heavy (non-hydrogen) atoms. The van der Waals surface area contributed by atoms with Crippen LogP contribution in [0.4, 0.5) is 15.8 Å². The lowest BCUT2D eigenvalue weighted by molar-refractivity contribution is -0.115. The number of benzene rings is 2. The van der Waals surface area contributed by atoms with Gasteiger partial charge in [-0.1, -0.05) is 12.1 Å². The van der Waals surface area contributed by atoms with Crippen molar-refractivity contribution in [2.75, 3.05) is 11.1 Å². The summed E-state index contributed by atoms with van der Waals surface area (Å²) in [6.07, 6.45) is 0.232. The van der Waals surface area contributed by atoms with E-state index in [1.165, 1.54) is 12.1 Å². The lowest BCUT2D eigenvalue weighted by Crippen LogP contribution is -2.14. The number of anilines is 2. The van der Waals surface area contributed by atoms with Crippen molar-refractivity contribution in [3.8, 4) is 0 Å². The Bertz CT molecular complexity index is 573. The molecule has 0 saturated heterocycles. The third-order valence-electron chi connectivity index (χ3n) is 2.67. The van der Waals surface area contributed by atoms with Gasteiger partial charge in [0.15, 0.2) is 0 Å². The Morgan fingerprint density at radius 1 is 1.21 bits per heavy atom. The molecule has 0 aromatic heterocycles. The number of carbonyl (C=O) groups is 1. The van der Waals surface area contributed by atoms with E-state index in [2.05, 4.69) is 5.32 Å². The summed E-state index contributed by atoms with van der Waals surface area (Å²) >= 11 is 0. The van der Waals surface area contributed by atoms with Gasteiger partial charge in [0, 0.05) is 11.4 Å². The van der Waals surface area contributed by atoms with Gasteiger partial charge in [-0.2, -0.15) is 0 Å². The first-order chi connectivity index (χ1) is 9.02. The molecule has 3 N–H and O–H groups in total. The first-order valence-electron chi connectivity index (χ1n) is 5.94. The molecule has 0 bridgehead atoms. The highest BCUT2D eigenvalue weighted by Gasteiger charge is 2.05. The maximum Gasteiger partial charge on any atom is 0.228 e. The number of aryl methyl sites for hydroxylation is 1. The molecule has 4 heteroatoms. The Morgan fingerprint density at radius 3 is 2.53 bits per heavy atom. The fraction of sp³-hybridized carbons (Fsp3) is 0.133. The number of hydrogen-bond donors (Lipinski definition) is 2. The summed E-state index contributed by atoms with van der Waals surface area (Å²) < 4.78 is 13.2. The Morgan fingerprint density at radius 2 is 1.89 bits per heavy atom. The maximum atomic E-state index is 13.2. The van der Waals surface area contributed by atoms with Crippen molar-refractivity contribution >= 4 is 17.3 Å². The normalized spacial score (nSPS) is 10.2. The van der Waals surface area contributed by atoms with E-state index in [9.17, 15) is 9.18 Å². The Hall–Kier alpha value is -2.36. The van der Waals surface area contributed by atoms with Crippen LogP contribution in [0.1, 0.15) is 11.1 Å².